The quantitative estimate of drug-likeness (QED) is 0.323. The number of carbonyl (C=O) groups excluding carboxylic acids is 1. The Kier molecular flexibility index (Phi) is 5.39. The monoisotopic (exact) mass is 498 g/mol. The van der Waals surface area contributed by atoms with Gasteiger partial charge in [-0.2, -0.15) is 0 Å². The van der Waals surface area contributed by atoms with Crippen LogP contribution in [0.5, 0.6) is 23.0 Å². The molecule has 5 atom stereocenters. The molecule has 0 radical (unpaired) electrons. The van der Waals surface area contributed by atoms with E-state index in [1.165, 1.54) is 6.07 Å². The number of aliphatic hydroxyl groups is 4. The van der Waals surface area contributed by atoms with Crippen LogP contribution < -0.4 is 14.2 Å². The number of phenolic OH excluding ortho intramolecular Hbond substituents is 1. The average Bonchev–Trinajstić information content (AvgIpc) is 3.50. The summed E-state index contributed by atoms with van der Waals surface area (Å²) in [5, 5.41) is 52.1. The summed E-state index contributed by atoms with van der Waals surface area (Å²) in [6.07, 6.45) is -7.66. The topological polar surface area (TPSA) is 164 Å². The first kappa shape index (κ1) is 22.8. The minimum absolute atomic E-state index is 0.0109. The summed E-state index contributed by atoms with van der Waals surface area (Å²) in [6.45, 7) is -0.578. The van der Waals surface area contributed by atoms with Crippen molar-refractivity contribution in [1.82, 2.24) is 0 Å². The van der Waals surface area contributed by atoms with E-state index < -0.39 is 43.3 Å². The van der Waals surface area contributed by atoms with E-state index in [2.05, 4.69) is 0 Å². The van der Waals surface area contributed by atoms with E-state index in [4.69, 9.17) is 23.7 Å². The number of esters is 1. The van der Waals surface area contributed by atoms with E-state index in [9.17, 15) is 30.3 Å². The smallest absolute Gasteiger partial charge is 0.338 e. The van der Waals surface area contributed by atoms with Crippen LogP contribution in [-0.4, -0.2) is 75.6 Å². The maximum Gasteiger partial charge on any atom is 0.338 e. The highest BCUT2D eigenvalue weighted by molar-refractivity contribution is 6.10. The maximum atomic E-state index is 12.5. The molecule has 0 aromatic heterocycles. The fraction of sp³-hybridized carbons (Fsp3) is 0.320. The van der Waals surface area contributed by atoms with Crippen LogP contribution in [0.15, 0.2) is 36.4 Å². The Balaban J connectivity index is 1.55. The zero-order chi connectivity index (χ0) is 25.1. The van der Waals surface area contributed by atoms with Crippen molar-refractivity contribution in [2.24, 2.45) is 0 Å². The molecular weight excluding hydrogens is 476 g/mol. The third kappa shape index (κ3) is 3.44. The van der Waals surface area contributed by atoms with Gasteiger partial charge in [0.2, 0.25) is 13.1 Å². The van der Waals surface area contributed by atoms with Crippen molar-refractivity contribution in [3.8, 4) is 34.1 Å². The Morgan fingerprint density at radius 3 is 2.56 bits per heavy atom. The number of aliphatic hydroxyl groups excluding tert-OH is 4. The van der Waals surface area contributed by atoms with Crippen LogP contribution >= 0.6 is 0 Å². The van der Waals surface area contributed by atoms with Crippen LogP contribution in [0.1, 0.15) is 15.9 Å². The van der Waals surface area contributed by atoms with Gasteiger partial charge in [0.15, 0.2) is 23.0 Å². The van der Waals surface area contributed by atoms with Gasteiger partial charge in [-0.15, -0.1) is 0 Å². The Labute approximate surface area is 203 Å². The van der Waals surface area contributed by atoms with Gasteiger partial charge < -0.3 is 49.2 Å². The molecule has 1 fully saturated rings. The van der Waals surface area contributed by atoms with Crippen LogP contribution in [0, 0.1) is 0 Å². The van der Waals surface area contributed by atoms with Crippen molar-refractivity contribution >= 4 is 16.7 Å². The second-order valence-corrected chi connectivity index (χ2v) is 8.75. The van der Waals surface area contributed by atoms with Crippen molar-refractivity contribution in [3.63, 3.8) is 0 Å². The number of benzene rings is 3. The molecule has 5 N–H and O–H groups in total. The van der Waals surface area contributed by atoms with E-state index in [-0.39, 0.29) is 24.9 Å². The number of rotatable bonds is 4. The number of fused-ring (bicyclic) bond motifs is 3. The lowest BCUT2D eigenvalue weighted by Crippen LogP contribution is -2.60. The molecule has 3 aromatic carbocycles. The van der Waals surface area contributed by atoms with Gasteiger partial charge in [-0.25, -0.2) is 4.79 Å². The van der Waals surface area contributed by atoms with Gasteiger partial charge in [-0.05, 0) is 35.2 Å². The molecule has 3 aliphatic rings. The number of phenols is 1. The summed E-state index contributed by atoms with van der Waals surface area (Å²) in [4.78, 5) is 12.5. The predicted octanol–water partition coefficient (Wildman–Crippen LogP) is 0.790. The number of aromatic hydroxyl groups is 1. The first-order chi connectivity index (χ1) is 17.4. The largest absolute Gasteiger partial charge is 0.504 e. The third-order valence-corrected chi connectivity index (χ3v) is 6.66. The van der Waals surface area contributed by atoms with Crippen LogP contribution in [0.3, 0.4) is 0 Å². The average molecular weight is 498 g/mol. The third-order valence-electron chi connectivity index (χ3n) is 6.66. The predicted molar refractivity (Wildman–Crippen MR) is 121 cm³/mol. The lowest BCUT2D eigenvalue weighted by atomic mass is 9.89. The normalized spacial score (nSPS) is 26.7. The van der Waals surface area contributed by atoms with Gasteiger partial charge in [0, 0.05) is 16.5 Å². The molecular formula is C25H22O11. The zero-order valence-electron chi connectivity index (χ0n) is 18.7. The molecule has 11 nitrogen and oxygen atoms in total. The first-order valence-electron chi connectivity index (χ1n) is 11.2. The molecule has 3 heterocycles. The molecule has 0 bridgehead atoms. The summed E-state index contributed by atoms with van der Waals surface area (Å²) >= 11 is 0. The van der Waals surface area contributed by atoms with Crippen molar-refractivity contribution in [3.05, 3.63) is 47.5 Å². The van der Waals surface area contributed by atoms with Crippen molar-refractivity contribution in [2.75, 3.05) is 13.4 Å². The van der Waals surface area contributed by atoms with Gasteiger partial charge in [-0.3, -0.25) is 0 Å². The molecule has 3 aromatic rings. The second-order valence-electron chi connectivity index (χ2n) is 8.75. The summed E-state index contributed by atoms with van der Waals surface area (Å²) < 4.78 is 27.6. The molecule has 11 heteroatoms. The minimum Gasteiger partial charge on any atom is -0.504 e. The fourth-order valence-corrected chi connectivity index (χ4v) is 4.81. The fourth-order valence-electron chi connectivity index (χ4n) is 4.81. The van der Waals surface area contributed by atoms with Gasteiger partial charge >= 0.3 is 5.97 Å². The number of carbonyl (C=O) groups is 1. The van der Waals surface area contributed by atoms with Crippen LogP contribution in [0.25, 0.3) is 21.9 Å². The molecule has 3 aliphatic heterocycles. The number of ether oxygens (including phenoxy) is 5. The molecule has 36 heavy (non-hydrogen) atoms. The van der Waals surface area contributed by atoms with Gasteiger partial charge in [0.05, 0.1) is 12.2 Å². The van der Waals surface area contributed by atoms with Crippen LogP contribution in [0.4, 0.5) is 0 Å². The standard InChI is InChI=1S/C25H22O11/c26-7-17-20(28)21(29)22(30)25(35-17)36-23-14(27)3-1-10-5-12-13(8-32-24(12)31)18(19(10)23)11-2-4-15-16(6-11)34-9-33-15/h1-6,17,20-22,25-30H,7-9H2/t17-,20+,21+,22+,25+/m0/s1. The van der Waals surface area contributed by atoms with Crippen LogP contribution in [0.2, 0.25) is 0 Å². The van der Waals surface area contributed by atoms with Gasteiger partial charge in [-0.1, -0.05) is 12.1 Å². The van der Waals surface area contributed by atoms with Crippen molar-refractivity contribution in [1.29, 1.82) is 0 Å². The number of hydrogen-bond donors (Lipinski definition) is 5. The maximum absolute atomic E-state index is 12.5. The molecule has 0 amide bonds. The first-order valence-corrected chi connectivity index (χ1v) is 11.2. The summed E-state index contributed by atoms with van der Waals surface area (Å²) in [7, 11) is 0. The molecule has 0 unspecified atom stereocenters. The lowest BCUT2D eigenvalue weighted by Gasteiger charge is -2.39. The number of hydrogen-bond acceptors (Lipinski definition) is 11. The Morgan fingerprint density at radius 2 is 1.75 bits per heavy atom. The molecule has 1 saturated heterocycles. The molecule has 0 saturated carbocycles. The molecule has 0 aliphatic carbocycles. The lowest BCUT2D eigenvalue weighted by molar-refractivity contribution is -0.277. The summed E-state index contributed by atoms with van der Waals surface area (Å²) in [5.74, 6) is 0.181. The van der Waals surface area contributed by atoms with E-state index in [0.29, 0.717) is 44.5 Å². The minimum atomic E-state index is -1.69. The Morgan fingerprint density at radius 1 is 0.944 bits per heavy atom. The van der Waals surface area contributed by atoms with E-state index in [1.807, 2.05) is 0 Å². The van der Waals surface area contributed by atoms with Crippen molar-refractivity contribution in [2.45, 2.75) is 37.3 Å². The second kappa shape index (κ2) is 8.50. The van der Waals surface area contributed by atoms with E-state index in [1.54, 1.807) is 30.3 Å². The Bertz CT molecular complexity index is 1370. The van der Waals surface area contributed by atoms with Gasteiger partial charge in [0.1, 0.15) is 31.0 Å². The molecule has 6 rings (SSSR count). The Hall–Kier alpha value is -3.61. The van der Waals surface area contributed by atoms with E-state index >= 15 is 0 Å². The molecule has 188 valence electrons. The highest BCUT2D eigenvalue weighted by atomic mass is 16.7. The van der Waals surface area contributed by atoms with Crippen LogP contribution in [-0.2, 0) is 16.1 Å². The summed E-state index contributed by atoms with van der Waals surface area (Å²) in [6, 6.07) is 9.82. The van der Waals surface area contributed by atoms with Gasteiger partial charge in [0.25, 0.3) is 0 Å². The molecule has 0 spiro atoms. The SMILES string of the molecule is O=C1OCc2c1cc1ccc(O)c(O[C@H]3O[C@@H](CO)[C@@H](O)[C@@H](O)[C@H]3O)c1c2-c1ccc2c(c1)OCO2. The summed E-state index contributed by atoms with van der Waals surface area (Å²) in [5.41, 5.74) is 2.08. The van der Waals surface area contributed by atoms with E-state index in [0.717, 1.165) is 0 Å². The van der Waals surface area contributed by atoms with Crippen molar-refractivity contribution < 1.29 is 54.0 Å². The highest BCUT2D eigenvalue weighted by Gasteiger charge is 2.45. The number of cyclic esters (lactones) is 1. The zero-order valence-corrected chi connectivity index (χ0v) is 18.7. The highest BCUT2D eigenvalue weighted by Crippen LogP contribution is 2.48.